The van der Waals surface area contributed by atoms with E-state index in [2.05, 4.69) is 16.3 Å². The fourth-order valence-electron chi connectivity index (χ4n) is 1.23. The fourth-order valence-corrected chi connectivity index (χ4v) is 1.23. The first kappa shape index (κ1) is 12.2. The van der Waals surface area contributed by atoms with Crippen molar-refractivity contribution in [3.8, 4) is 0 Å². The van der Waals surface area contributed by atoms with Gasteiger partial charge in [0.05, 0.1) is 7.11 Å². The Kier molecular flexibility index (Phi) is 4.99. The van der Waals surface area contributed by atoms with Crippen LogP contribution in [0, 0.1) is 0 Å². The van der Waals surface area contributed by atoms with Gasteiger partial charge in [0.25, 0.3) is 0 Å². The van der Waals surface area contributed by atoms with Crippen molar-refractivity contribution in [3.05, 3.63) is 48.6 Å². The molecular weight excluding hydrogens is 202 g/mol. The highest BCUT2D eigenvalue weighted by atomic mass is 16.5. The molecule has 1 rings (SSSR count). The molecular formula is C13H15NO2. The topological polar surface area (TPSA) is 38.7 Å². The molecule has 3 nitrogen and oxygen atoms in total. The minimum Gasteiger partial charge on any atom is -0.467 e. The quantitative estimate of drug-likeness (QED) is 0.431. The lowest BCUT2D eigenvalue weighted by atomic mass is 10.2. The third-order valence-electron chi connectivity index (χ3n) is 2.07. The summed E-state index contributed by atoms with van der Waals surface area (Å²) in [4.78, 5) is 15.5. The molecule has 16 heavy (non-hydrogen) atoms. The Bertz CT molecular complexity index is 371. The summed E-state index contributed by atoms with van der Waals surface area (Å²) in [5, 5.41) is 0. The lowest BCUT2D eigenvalue weighted by Gasteiger charge is -2.06. The van der Waals surface area contributed by atoms with Crippen LogP contribution < -0.4 is 0 Å². The fraction of sp³-hybridized carbons (Fsp3) is 0.231. The van der Waals surface area contributed by atoms with E-state index in [1.54, 1.807) is 12.3 Å². The molecule has 1 aromatic rings. The molecule has 0 N–H and O–H groups in total. The average molecular weight is 217 g/mol. The first-order chi connectivity index (χ1) is 7.77. The van der Waals surface area contributed by atoms with Gasteiger partial charge in [-0.1, -0.05) is 36.4 Å². The third-order valence-corrected chi connectivity index (χ3v) is 2.07. The van der Waals surface area contributed by atoms with Crippen LogP contribution in [-0.4, -0.2) is 25.3 Å². The Morgan fingerprint density at radius 1 is 1.50 bits per heavy atom. The number of methoxy groups -OCH3 is 1. The summed E-state index contributed by atoms with van der Waals surface area (Å²) in [6.07, 6.45) is 3.81. The van der Waals surface area contributed by atoms with Gasteiger partial charge in [-0.25, -0.2) is 4.79 Å². The van der Waals surface area contributed by atoms with E-state index in [0.29, 0.717) is 6.42 Å². The second-order valence-electron chi connectivity index (χ2n) is 3.25. The predicted molar refractivity (Wildman–Crippen MR) is 64.7 cm³/mol. The molecule has 0 bridgehead atoms. The molecule has 0 aliphatic rings. The lowest BCUT2D eigenvalue weighted by Crippen LogP contribution is -2.19. The van der Waals surface area contributed by atoms with Crippen molar-refractivity contribution >= 4 is 12.2 Å². The number of nitrogens with zero attached hydrogens (tertiary/aromatic N) is 1. The molecule has 0 aliphatic carbocycles. The Morgan fingerprint density at radius 2 is 2.19 bits per heavy atom. The van der Waals surface area contributed by atoms with Crippen LogP contribution in [0.2, 0.25) is 0 Å². The molecule has 0 saturated heterocycles. The first-order valence-electron chi connectivity index (χ1n) is 5.05. The van der Waals surface area contributed by atoms with E-state index in [1.807, 2.05) is 30.3 Å². The smallest absolute Gasteiger partial charge is 0.330 e. The largest absolute Gasteiger partial charge is 0.467 e. The van der Waals surface area contributed by atoms with Crippen LogP contribution in [0.3, 0.4) is 0 Å². The molecule has 0 aliphatic heterocycles. The summed E-state index contributed by atoms with van der Waals surface area (Å²) in [6, 6.07) is 9.11. The third kappa shape index (κ3) is 3.69. The van der Waals surface area contributed by atoms with Gasteiger partial charge in [-0.3, -0.25) is 4.99 Å². The van der Waals surface area contributed by atoms with E-state index >= 15 is 0 Å². The van der Waals surface area contributed by atoms with Crippen LogP contribution in [0.25, 0.3) is 0 Å². The van der Waals surface area contributed by atoms with Crippen molar-refractivity contribution in [3.63, 3.8) is 0 Å². The van der Waals surface area contributed by atoms with Crippen molar-refractivity contribution in [1.82, 2.24) is 0 Å². The van der Waals surface area contributed by atoms with Gasteiger partial charge < -0.3 is 4.74 Å². The predicted octanol–water partition coefficient (Wildman–Crippen LogP) is 2.22. The van der Waals surface area contributed by atoms with Gasteiger partial charge in [0.2, 0.25) is 0 Å². The molecule has 0 saturated carbocycles. The molecule has 1 atom stereocenters. The lowest BCUT2D eigenvalue weighted by molar-refractivity contribution is -0.141. The van der Waals surface area contributed by atoms with Crippen molar-refractivity contribution in [2.75, 3.05) is 7.11 Å². The van der Waals surface area contributed by atoms with Crippen LogP contribution in [0.4, 0.5) is 0 Å². The molecule has 1 aromatic carbocycles. The Hall–Kier alpha value is -1.90. The molecule has 84 valence electrons. The zero-order valence-corrected chi connectivity index (χ0v) is 9.30. The van der Waals surface area contributed by atoms with Gasteiger partial charge in [0.1, 0.15) is 0 Å². The van der Waals surface area contributed by atoms with Crippen LogP contribution in [0.1, 0.15) is 12.0 Å². The SMILES string of the molecule is C=CCC(N=Cc1ccccc1)C(=O)OC. The van der Waals surface area contributed by atoms with Gasteiger partial charge in [-0.15, -0.1) is 6.58 Å². The number of carbonyl (C=O) groups excluding carboxylic acids is 1. The van der Waals surface area contributed by atoms with Crippen LogP contribution in [0.15, 0.2) is 48.0 Å². The summed E-state index contributed by atoms with van der Waals surface area (Å²) < 4.78 is 4.65. The molecule has 3 heteroatoms. The van der Waals surface area contributed by atoms with E-state index < -0.39 is 6.04 Å². The summed E-state index contributed by atoms with van der Waals surface area (Å²) in [5.41, 5.74) is 0.959. The zero-order chi connectivity index (χ0) is 11.8. The summed E-state index contributed by atoms with van der Waals surface area (Å²) >= 11 is 0. The minimum atomic E-state index is -0.497. The maximum absolute atomic E-state index is 11.3. The minimum absolute atomic E-state index is 0.341. The maximum atomic E-state index is 11.3. The molecule has 0 spiro atoms. The Balaban J connectivity index is 2.71. The van der Waals surface area contributed by atoms with Gasteiger partial charge in [0.15, 0.2) is 6.04 Å². The van der Waals surface area contributed by atoms with Gasteiger partial charge in [-0.05, 0) is 12.0 Å². The number of benzene rings is 1. The molecule has 0 heterocycles. The van der Waals surface area contributed by atoms with E-state index in [0.717, 1.165) is 5.56 Å². The monoisotopic (exact) mass is 217 g/mol. The normalized spacial score (nSPS) is 12.3. The summed E-state index contributed by atoms with van der Waals surface area (Å²) in [7, 11) is 1.36. The summed E-state index contributed by atoms with van der Waals surface area (Å²) in [5.74, 6) is -0.341. The number of carbonyl (C=O) groups is 1. The number of aliphatic imine (C=N–C) groups is 1. The Labute approximate surface area is 95.5 Å². The average Bonchev–Trinajstić information content (AvgIpc) is 2.34. The second-order valence-corrected chi connectivity index (χ2v) is 3.25. The number of ether oxygens (including phenoxy) is 1. The van der Waals surface area contributed by atoms with E-state index in [4.69, 9.17) is 0 Å². The van der Waals surface area contributed by atoms with Crippen LogP contribution >= 0.6 is 0 Å². The number of hydrogen-bond donors (Lipinski definition) is 0. The zero-order valence-electron chi connectivity index (χ0n) is 9.30. The molecule has 0 fully saturated rings. The van der Waals surface area contributed by atoms with Crippen molar-refractivity contribution < 1.29 is 9.53 Å². The van der Waals surface area contributed by atoms with Crippen molar-refractivity contribution in [2.45, 2.75) is 12.5 Å². The van der Waals surface area contributed by atoms with Gasteiger partial charge in [0, 0.05) is 6.21 Å². The van der Waals surface area contributed by atoms with Gasteiger partial charge >= 0.3 is 5.97 Å². The maximum Gasteiger partial charge on any atom is 0.330 e. The van der Waals surface area contributed by atoms with Crippen molar-refractivity contribution in [1.29, 1.82) is 0 Å². The highest BCUT2D eigenvalue weighted by Crippen LogP contribution is 2.03. The second kappa shape index (κ2) is 6.56. The van der Waals surface area contributed by atoms with E-state index in [-0.39, 0.29) is 5.97 Å². The molecule has 0 aromatic heterocycles. The number of esters is 1. The number of rotatable bonds is 5. The van der Waals surface area contributed by atoms with Crippen LogP contribution in [0.5, 0.6) is 0 Å². The molecule has 0 radical (unpaired) electrons. The van der Waals surface area contributed by atoms with Crippen molar-refractivity contribution in [2.24, 2.45) is 4.99 Å². The first-order valence-corrected chi connectivity index (χ1v) is 5.05. The van der Waals surface area contributed by atoms with Crippen LogP contribution in [-0.2, 0) is 9.53 Å². The molecule has 0 amide bonds. The van der Waals surface area contributed by atoms with Gasteiger partial charge in [-0.2, -0.15) is 0 Å². The van der Waals surface area contributed by atoms with E-state index in [1.165, 1.54) is 7.11 Å². The Morgan fingerprint density at radius 3 is 2.75 bits per heavy atom. The molecule has 1 unspecified atom stereocenters. The summed E-state index contributed by atoms with van der Waals surface area (Å²) in [6.45, 7) is 3.59. The standard InChI is InChI=1S/C13H15NO2/c1-3-7-12(13(15)16-2)14-10-11-8-5-4-6-9-11/h3-6,8-10,12H,1,7H2,2H3. The van der Waals surface area contributed by atoms with E-state index in [9.17, 15) is 4.79 Å². The highest BCUT2D eigenvalue weighted by Gasteiger charge is 2.14. The number of hydrogen-bond acceptors (Lipinski definition) is 3. The highest BCUT2D eigenvalue weighted by molar-refractivity contribution is 5.84.